The van der Waals surface area contributed by atoms with Gasteiger partial charge in [0.2, 0.25) is 0 Å². The van der Waals surface area contributed by atoms with Crippen LogP contribution in [0.1, 0.15) is 11.1 Å². The second-order valence-corrected chi connectivity index (χ2v) is 5.62. The highest BCUT2D eigenvalue weighted by molar-refractivity contribution is 7.98. The molecular weight excluding hydrogens is 281 g/mol. The molecule has 2 aromatic rings. The van der Waals surface area contributed by atoms with Gasteiger partial charge in [-0.3, -0.25) is 0 Å². The van der Waals surface area contributed by atoms with Gasteiger partial charge in [0, 0.05) is 27.8 Å². The molecule has 0 unspecified atom stereocenters. The zero-order chi connectivity index (χ0) is 13.7. The maximum Gasteiger partial charge on any atom is 0.128 e. The predicted molar refractivity (Wildman–Crippen MR) is 80.2 cm³/mol. The Morgan fingerprint density at radius 3 is 2.58 bits per heavy atom. The van der Waals surface area contributed by atoms with Gasteiger partial charge in [0.1, 0.15) is 5.82 Å². The summed E-state index contributed by atoms with van der Waals surface area (Å²) < 4.78 is 13.7. The second kappa shape index (κ2) is 6.94. The Hall–Kier alpha value is -1.03. The molecule has 0 heterocycles. The highest BCUT2D eigenvalue weighted by Crippen LogP contribution is 2.28. The Balaban J connectivity index is 2.10. The minimum Gasteiger partial charge on any atom is -0.316 e. The monoisotopic (exact) mass is 295 g/mol. The standard InChI is InChI=1S/C15H15ClFNS/c1-18-9-13-14(17)3-2-4-15(13)19-10-11-5-7-12(16)8-6-11/h2-8,18H,9-10H2,1H3. The predicted octanol–water partition coefficient (Wildman–Crippen LogP) is 4.49. The molecule has 1 nitrogen and oxygen atoms in total. The molecule has 0 amide bonds. The molecule has 1 N–H and O–H groups in total. The number of nitrogens with one attached hydrogen (secondary N) is 1. The average Bonchev–Trinajstić information content (AvgIpc) is 2.41. The molecule has 0 spiro atoms. The third-order valence-corrected chi connectivity index (χ3v) is 4.16. The van der Waals surface area contributed by atoms with E-state index in [1.807, 2.05) is 37.4 Å². The zero-order valence-electron chi connectivity index (χ0n) is 10.6. The van der Waals surface area contributed by atoms with Gasteiger partial charge in [-0.05, 0) is 36.9 Å². The summed E-state index contributed by atoms with van der Waals surface area (Å²) in [7, 11) is 1.82. The number of hydrogen-bond acceptors (Lipinski definition) is 2. The van der Waals surface area contributed by atoms with Crippen molar-refractivity contribution in [2.45, 2.75) is 17.2 Å². The van der Waals surface area contributed by atoms with Crippen molar-refractivity contribution in [2.24, 2.45) is 0 Å². The van der Waals surface area contributed by atoms with Crippen LogP contribution >= 0.6 is 23.4 Å². The Bertz CT molecular complexity index is 542. The SMILES string of the molecule is CNCc1c(F)cccc1SCc1ccc(Cl)cc1. The quantitative estimate of drug-likeness (QED) is 0.816. The first-order chi connectivity index (χ1) is 9.20. The van der Waals surface area contributed by atoms with Crippen LogP contribution in [0.4, 0.5) is 4.39 Å². The molecule has 19 heavy (non-hydrogen) atoms. The molecule has 0 saturated heterocycles. The minimum absolute atomic E-state index is 0.157. The van der Waals surface area contributed by atoms with Crippen molar-refractivity contribution in [3.05, 3.63) is 64.4 Å². The summed E-state index contributed by atoms with van der Waals surface area (Å²) in [5.41, 5.74) is 1.90. The summed E-state index contributed by atoms with van der Waals surface area (Å²) in [4.78, 5) is 0.976. The van der Waals surface area contributed by atoms with Gasteiger partial charge in [-0.2, -0.15) is 0 Å². The molecule has 0 atom stereocenters. The van der Waals surface area contributed by atoms with Crippen molar-refractivity contribution < 1.29 is 4.39 Å². The summed E-state index contributed by atoms with van der Waals surface area (Å²) in [5, 5.41) is 3.73. The Morgan fingerprint density at radius 1 is 1.16 bits per heavy atom. The molecule has 0 fully saturated rings. The molecule has 0 aliphatic heterocycles. The molecular formula is C15H15ClFNS. The fourth-order valence-corrected chi connectivity index (χ4v) is 2.92. The van der Waals surface area contributed by atoms with Crippen molar-refractivity contribution >= 4 is 23.4 Å². The fourth-order valence-electron chi connectivity index (χ4n) is 1.76. The van der Waals surface area contributed by atoms with Gasteiger partial charge in [0.15, 0.2) is 0 Å². The summed E-state index contributed by atoms with van der Waals surface area (Å²) in [5.74, 6) is 0.646. The number of rotatable bonds is 5. The molecule has 4 heteroatoms. The van der Waals surface area contributed by atoms with Crippen LogP contribution in [-0.2, 0) is 12.3 Å². The van der Waals surface area contributed by atoms with Crippen LogP contribution in [0, 0.1) is 5.82 Å². The van der Waals surface area contributed by atoms with Crippen LogP contribution in [0.3, 0.4) is 0 Å². The molecule has 0 radical (unpaired) electrons. The first kappa shape index (κ1) is 14.4. The van der Waals surface area contributed by atoms with E-state index >= 15 is 0 Å². The summed E-state index contributed by atoms with van der Waals surface area (Å²) in [6.45, 7) is 0.537. The lowest BCUT2D eigenvalue weighted by Crippen LogP contribution is -2.08. The van der Waals surface area contributed by atoms with E-state index in [1.165, 1.54) is 11.6 Å². The molecule has 0 aliphatic rings. The van der Waals surface area contributed by atoms with E-state index < -0.39 is 0 Å². The highest BCUT2D eigenvalue weighted by atomic mass is 35.5. The van der Waals surface area contributed by atoms with Gasteiger partial charge in [-0.15, -0.1) is 11.8 Å². The van der Waals surface area contributed by atoms with Crippen molar-refractivity contribution in [3.8, 4) is 0 Å². The van der Waals surface area contributed by atoms with Crippen LogP contribution in [0.25, 0.3) is 0 Å². The Morgan fingerprint density at radius 2 is 1.89 bits per heavy atom. The van der Waals surface area contributed by atoms with E-state index in [-0.39, 0.29) is 5.82 Å². The van der Waals surface area contributed by atoms with Gasteiger partial charge < -0.3 is 5.32 Å². The number of hydrogen-bond donors (Lipinski definition) is 1. The molecule has 100 valence electrons. The lowest BCUT2D eigenvalue weighted by molar-refractivity contribution is 0.594. The van der Waals surface area contributed by atoms with E-state index in [1.54, 1.807) is 17.8 Å². The Kier molecular flexibility index (Phi) is 5.25. The molecule has 0 aromatic heterocycles. The maximum atomic E-state index is 13.7. The summed E-state index contributed by atoms with van der Waals surface area (Å²) in [6.07, 6.45) is 0. The number of benzene rings is 2. The van der Waals surface area contributed by atoms with Gasteiger partial charge in [-0.1, -0.05) is 29.8 Å². The van der Waals surface area contributed by atoms with Gasteiger partial charge in [0.05, 0.1) is 0 Å². The lowest BCUT2D eigenvalue weighted by atomic mass is 10.2. The van der Waals surface area contributed by atoms with Crippen LogP contribution in [0.5, 0.6) is 0 Å². The first-order valence-electron chi connectivity index (χ1n) is 6.00. The normalized spacial score (nSPS) is 10.7. The van der Waals surface area contributed by atoms with Crippen molar-refractivity contribution in [1.29, 1.82) is 0 Å². The highest BCUT2D eigenvalue weighted by Gasteiger charge is 2.08. The van der Waals surface area contributed by atoms with E-state index in [0.717, 1.165) is 21.2 Å². The molecule has 0 saturated carbocycles. The van der Waals surface area contributed by atoms with E-state index in [9.17, 15) is 4.39 Å². The zero-order valence-corrected chi connectivity index (χ0v) is 12.2. The topological polar surface area (TPSA) is 12.0 Å². The van der Waals surface area contributed by atoms with E-state index in [4.69, 9.17) is 11.6 Å². The van der Waals surface area contributed by atoms with Crippen molar-refractivity contribution in [2.75, 3.05) is 7.05 Å². The third kappa shape index (κ3) is 3.96. The number of halogens is 2. The molecule has 0 bridgehead atoms. The van der Waals surface area contributed by atoms with Crippen LogP contribution < -0.4 is 5.32 Å². The van der Waals surface area contributed by atoms with Crippen LogP contribution in [-0.4, -0.2) is 7.05 Å². The van der Waals surface area contributed by atoms with Crippen LogP contribution in [0.15, 0.2) is 47.4 Å². The number of thioether (sulfide) groups is 1. The van der Waals surface area contributed by atoms with Gasteiger partial charge in [0.25, 0.3) is 0 Å². The molecule has 0 aliphatic carbocycles. The largest absolute Gasteiger partial charge is 0.316 e. The van der Waals surface area contributed by atoms with E-state index in [2.05, 4.69) is 5.32 Å². The second-order valence-electron chi connectivity index (χ2n) is 4.16. The first-order valence-corrected chi connectivity index (χ1v) is 7.36. The molecule has 2 rings (SSSR count). The van der Waals surface area contributed by atoms with Gasteiger partial charge >= 0.3 is 0 Å². The van der Waals surface area contributed by atoms with Crippen LogP contribution in [0.2, 0.25) is 5.02 Å². The van der Waals surface area contributed by atoms with E-state index in [0.29, 0.717) is 6.54 Å². The average molecular weight is 296 g/mol. The summed E-state index contributed by atoms with van der Waals surface area (Å²) >= 11 is 7.49. The third-order valence-electron chi connectivity index (χ3n) is 2.74. The van der Waals surface area contributed by atoms with Crippen molar-refractivity contribution in [1.82, 2.24) is 5.32 Å². The maximum absolute atomic E-state index is 13.7. The lowest BCUT2D eigenvalue weighted by Gasteiger charge is -2.10. The van der Waals surface area contributed by atoms with Gasteiger partial charge in [-0.25, -0.2) is 4.39 Å². The summed E-state index contributed by atoms with van der Waals surface area (Å²) in [6, 6.07) is 12.9. The fraction of sp³-hybridized carbons (Fsp3) is 0.200. The molecule has 2 aromatic carbocycles. The minimum atomic E-state index is -0.157. The smallest absolute Gasteiger partial charge is 0.128 e. The van der Waals surface area contributed by atoms with Crippen molar-refractivity contribution in [3.63, 3.8) is 0 Å². The Labute approximate surface area is 122 Å².